The summed E-state index contributed by atoms with van der Waals surface area (Å²) in [4.78, 5) is 24.5. The standard InChI is InChI=1S/C18H23N5O2/c1-3-22-8-10-23(11-9-22)16-6-4-15(5-7-16)21-18-19-12-14(13-20-18)17(24)25-2/h4-7,12-13H,3,8-11H2,1-2H3,(H,19,20,21). The summed E-state index contributed by atoms with van der Waals surface area (Å²) in [7, 11) is 1.33. The van der Waals surface area contributed by atoms with Crippen LogP contribution in [0.3, 0.4) is 0 Å². The lowest BCUT2D eigenvalue weighted by molar-refractivity contribution is 0.0600. The summed E-state index contributed by atoms with van der Waals surface area (Å²) < 4.78 is 4.63. The summed E-state index contributed by atoms with van der Waals surface area (Å²) in [5, 5.41) is 3.13. The number of hydrogen-bond acceptors (Lipinski definition) is 7. The number of carbonyl (C=O) groups excluding carboxylic acids is 1. The van der Waals surface area contributed by atoms with Crippen LogP contribution in [0.25, 0.3) is 0 Å². The Morgan fingerprint density at radius 3 is 2.32 bits per heavy atom. The van der Waals surface area contributed by atoms with Gasteiger partial charge in [0.05, 0.1) is 12.7 Å². The average molecular weight is 341 g/mol. The van der Waals surface area contributed by atoms with Crippen molar-refractivity contribution < 1.29 is 9.53 Å². The molecule has 1 aliphatic rings. The molecule has 1 aromatic carbocycles. The van der Waals surface area contributed by atoms with Crippen LogP contribution in [0.4, 0.5) is 17.3 Å². The highest BCUT2D eigenvalue weighted by Gasteiger charge is 2.15. The zero-order valence-electron chi connectivity index (χ0n) is 14.6. The van der Waals surface area contributed by atoms with Crippen molar-refractivity contribution in [3.05, 3.63) is 42.2 Å². The Labute approximate surface area is 147 Å². The Hall–Kier alpha value is -2.67. The SMILES string of the molecule is CCN1CCN(c2ccc(Nc3ncc(C(=O)OC)cn3)cc2)CC1. The van der Waals surface area contributed by atoms with Crippen LogP contribution >= 0.6 is 0 Å². The molecule has 0 atom stereocenters. The predicted molar refractivity (Wildman–Crippen MR) is 97.4 cm³/mol. The third kappa shape index (κ3) is 4.24. The van der Waals surface area contributed by atoms with Crippen LogP contribution in [0.1, 0.15) is 17.3 Å². The second-order valence-electron chi connectivity index (χ2n) is 5.88. The molecule has 0 unspecified atom stereocenters. The first-order chi connectivity index (χ1) is 12.2. The molecule has 1 aliphatic heterocycles. The van der Waals surface area contributed by atoms with E-state index < -0.39 is 5.97 Å². The zero-order chi connectivity index (χ0) is 17.6. The highest BCUT2D eigenvalue weighted by Crippen LogP contribution is 2.21. The Kier molecular flexibility index (Phi) is 5.45. The van der Waals surface area contributed by atoms with E-state index in [4.69, 9.17) is 0 Å². The van der Waals surface area contributed by atoms with Gasteiger partial charge in [-0.15, -0.1) is 0 Å². The summed E-state index contributed by atoms with van der Waals surface area (Å²) in [5.74, 6) is -0.00367. The fourth-order valence-electron chi connectivity index (χ4n) is 2.82. The van der Waals surface area contributed by atoms with Gasteiger partial charge in [-0.25, -0.2) is 14.8 Å². The van der Waals surface area contributed by atoms with Crippen LogP contribution in [-0.4, -0.2) is 60.7 Å². The molecule has 1 saturated heterocycles. The van der Waals surface area contributed by atoms with Crippen molar-refractivity contribution in [2.75, 3.05) is 50.1 Å². The number of piperazine rings is 1. The van der Waals surface area contributed by atoms with E-state index in [1.54, 1.807) is 0 Å². The number of nitrogens with one attached hydrogen (secondary N) is 1. The van der Waals surface area contributed by atoms with Crippen molar-refractivity contribution in [1.82, 2.24) is 14.9 Å². The Morgan fingerprint density at radius 1 is 1.12 bits per heavy atom. The number of hydrogen-bond donors (Lipinski definition) is 1. The molecule has 2 heterocycles. The van der Waals surface area contributed by atoms with Gasteiger partial charge in [0.25, 0.3) is 0 Å². The van der Waals surface area contributed by atoms with E-state index in [-0.39, 0.29) is 0 Å². The van der Waals surface area contributed by atoms with Gasteiger partial charge in [-0.3, -0.25) is 0 Å². The Bertz CT molecular complexity index is 694. The zero-order valence-corrected chi connectivity index (χ0v) is 14.6. The van der Waals surface area contributed by atoms with Gasteiger partial charge in [-0.1, -0.05) is 6.92 Å². The smallest absolute Gasteiger partial charge is 0.341 e. The number of benzene rings is 1. The van der Waals surface area contributed by atoms with Crippen molar-refractivity contribution in [2.45, 2.75) is 6.92 Å². The maximum atomic E-state index is 11.4. The monoisotopic (exact) mass is 341 g/mol. The number of methoxy groups -OCH3 is 1. The van der Waals surface area contributed by atoms with Crippen molar-refractivity contribution in [3.8, 4) is 0 Å². The molecule has 25 heavy (non-hydrogen) atoms. The third-order valence-corrected chi connectivity index (χ3v) is 4.38. The lowest BCUT2D eigenvalue weighted by atomic mass is 10.2. The van der Waals surface area contributed by atoms with Gasteiger partial charge in [0, 0.05) is 49.9 Å². The molecular weight excluding hydrogens is 318 g/mol. The molecule has 0 spiro atoms. The Morgan fingerprint density at radius 2 is 1.76 bits per heavy atom. The van der Waals surface area contributed by atoms with Crippen molar-refractivity contribution in [2.24, 2.45) is 0 Å². The lowest BCUT2D eigenvalue weighted by Gasteiger charge is -2.35. The van der Waals surface area contributed by atoms with Gasteiger partial charge in [-0.2, -0.15) is 0 Å². The molecule has 1 fully saturated rings. The van der Waals surface area contributed by atoms with E-state index in [9.17, 15) is 4.79 Å². The molecule has 0 saturated carbocycles. The van der Waals surface area contributed by atoms with Crippen LogP contribution in [0.2, 0.25) is 0 Å². The van der Waals surface area contributed by atoms with Gasteiger partial charge >= 0.3 is 5.97 Å². The molecule has 0 aliphatic carbocycles. The van der Waals surface area contributed by atoms with Crippen LogP contribution in [0, 0.1) is 0 Å². The first-order valence-electron chi connectivity index (χ1n) is 8.44. The maximum Gasteiger partial charge on any atom is 0.341 e. The van der Waals surface area contributed by atoms with Gasteiger partial charge in [0.15, 0.2) is 0 Å². The van der Waals surface area contributed by atoms with Crippen molar-refractivity contribution in [1.29, 1.82) is 0 Å². The number of anilines is 3. The fourth-order valence-corrected chi connectivity index (χ4v) is 2.82. The van der Waals surface area contributed by atoms with Crippen LogP contribution in [-0.2, 0) is 4.74 Å². The van der Waals surface area contributed by atoms with Crippen molar-refractivity contribution in [3.63, 3.8) is 0 Å². The fraction of sp³-hybridized carbons (Fsp3) is 0.389. The summed E-state index contributed by atoms with van der Waals surface area (Å²) in [5.41, 5.74) is 2.46. The van der Waals surface area contributed by atoms with Gasteiger partial charge in [-0.05, 0) is 30.8 Å². The molecule has 7 heteroatoms. The van der Waals surface area contributed by atoms with E-state index in [1.165, 1.54) is 25.2 Å². The van der Waals surface area contributed by atoms with E-state index in [0.717, 1.165) is 38.4 Å². The molecule has 2 aromatic rings. The Balaban J connectivity index is 1.60. The normalized spacial score (nSPS) is 15.0. The minimum absolute atomic E-state index is 0.328. The van der Waals surface area contributed by atoms with E-state index in [1.807, 2.05) is 12.1 Å². The lowest BCUT2D eigenvalue weighted by Crippen LogP contribution is -2.46. The topological polar surface area (TPSA) is 70.6 Å². The molecule has 0 bridgehead atoms. The largest absolute Gasteiger partial charge is 0.465 e. The minimum Gasteiger partial charge on any atom is -0.465 e. The van der Waals surface area contributed by atoms with E-state index >= 15 is 0 Å². The highest BCUT2D eigenvalue weighted by atomic mass is 16.5. The molecule has 1 aromatic heterocycles. The summed E-state index contributed by atoms with van der Waals surface area (Å²) in [6.07, 6.45) is 2.89. The second-order valence-corrected chi connectivity index (χ2v) is 5.88. The number of likely N-dealkylation sites (N-methyl/N-ethyl adjacent to an activating group) is 1. The number of ether oxygens (including phenoxy) is 1. The van der Waals surface area contributed by atoms with Crippen LogP contribution in [0.15, 0.2) is 36.7 Å². The summed E-state index contributed by atoms with van der Waals surface area (Å²) in [6, 6.07) is 8.23. The molecule has 0 radical (unpaired) electrons. The van der Waals surface area contributed by atoms with Crippen LogP contribution in [0.5, 0.6) is 0 Å². The minimum atomic E-state index is -0.445. The van der Waals surface area contributed by atoms with E-state index in [2.05, 4.69) is 48.9 Å². The van der Waals surface area contributed by atoms with E-state index in [0.29, 0.717) is 11.5 Å². The molecular formula is C18H23N5O2. The molecule has 3 rings (SSSR count). The number of nitrogens with zero attached hydrogens (tertiary/aromatic N) is 4. The molecule has 132 valence electrons. The second kappa shape index (κ2) is 7.94. The van der Waals surface area contributed by atoms with Crippen molar-refractivity contribution >= 4 is 23.3 Å². The first kappa shape index (κ1) is 17.2. The average Bonchev–Trinajstić information content (AvgIpc) is 2.68. The summed E-state index contributed by atoms with van der Waals surface area (Å²) >= 11 is 0. The van der Waals surface area contributed by atoms with Crippen LogP contribution < -0.4 is 10.2 Å². The summed E-state index contributed by atoms with van der Waals surface area (Å²) in [6.45, 7) is 7.65. The predicted octanol–water partition coefficient (Wildman–Crippen LogP) is 2.15. The molecule has 7 nitrogen and oxygen atoms in total. The van der Waals surface area contributed by atoms with Gasteiger partial charge in [0.2, 0.25) is 5.95 Å². The molecule has 1 N–H and O–H groups in total. The highest BCUT2D eigenvalue weighted by molar-refractivity contribution is 5.88. The number of aromatic nitrogens is 2. The van der Waals surface area contributed by atoms with Gasteiger partial charge < -0.3 is 19.9 Å². The molecule has 0 amide bonds. The third-order valence-electron chi connectivity index (χ3n) is 4.38. The number of carbonyl (C=O) groups is 1. The maximum absolute atomic E-state index is 11.4. The first-order valence-corrected chi connectivity index (χ1v) is 8.44. The quantitative estimate of drug-likeness (QED) is 0.836. The number of rotatable bonds is 5. The van der Waals surface area contributed by atoms with Gasteiger partial charge in [0.1, 0.15) is 0 Å². The number of esters is 1.